The Balaban J connectivity index is 2.31. The average molecular weight is 260 g/mol. The van der Waals surface area contributed by atoms with E-state index in [2.05, 4.69) is 11.1 Å². The van der Waals surface area contributed by atoms with Crippen molar-refractivity contribution in [2.24, 2.45) is 4.99 Å². The number of aliphatic imine (C=N–C) groups is 1. The molecule has 20 heavy (non-hydrogen) atoms. The maximum absolute atomic E-state index is 8.81. The molecule has 0 heterocycles. The topological polar surface area (TPSA) is 36.1 Å². The van der Waals surface area contributed by atoms with E-state index in [0.29, 0.717) is 5.56 Å². The molecule has 2 heteroatoms. The van der Waals surface area contributed by atoms with Crippen LogP contribution in [0.25, 0.3) is 5.70 Å². The second kappa shape index (κ2) is 6.49. The van der Waals surface area contributed by atoms with E-state index in [1.165, 1.54) is 0 Å². The van der Waals surface area contributed by atoms with Crippen molar-refractivity contribution in [3.63, 3.8) is 0 Å². The Bertz CT molecular complexity index is 672. The van der Waals surface area contributed by atoms with Gasteiger partial charge in [-0.05, 0) is 37.1 Å². The minimum Gasteiger partial charge on any atom is -0.253 e. The summed E-state index contributed by atoms with van der Waals surface area (Å²) in [6.07, 6.45) is 2.00. The average Bonchev–Trinajstić information content (AvgIpc) is 2.53. The quantitative estimate of drug-likeness (QED) is 0.752. The van der Waals surface area contributed by atoms with Gasteiger partial charge in [-0.1, -0.05) is 48.5 Å². The van der Waals surface area contributed by atoms with Gasteiger partial charge in [-0.2, -0.15) is 5.26 Å². The molecular weight excluding hydrogens is 244 g/mol. The number of hydrogen-bond acceptors (Lipinski definition) is 2. The van der Waals surface area contributed by atoms with E-state index in [0.717, 1.165) is 22.5 Å². The summed E-state index contributed by atoms with van der Waals surface area (Å²) in [6, 6.07) is 19.7. The van der Waals surface area contributed by atoms with E-state index in [1.807, 2.05) is 74.5 Å². The van der Waals surface area contributed by atoms with Crippen LogP contribution in [0.3, 0.4) is 0 Å². The van der Waals surface area contributed by atoms with E-state index in [1.54, 1.807) is 0 Å². The molecule has 0 aromatic heterocycles. The van der Waals surface area contributed by atoms with Crippen molar-refractivity contribution in [1.82, 2.24) is 0 Å². The van der Waals surface area contributed by atoms with Crippen LogP contribution in [0.4, 0.5) is 0 Å². The smallest absolute Gasteiger partial charge is 0.0991 e. The van der Waals surface area contributed by atoms with E-state index in [-0.39, 0.29) is 0 Å². The fourth-order valence-corrected chi connectivity index (χ4v) is 1.94. The highest BCUT2D eigenvalue weighted by Gasteiger charge is 2.01. The lowest BCUT2D eigenvalue weighted by molar-refractivity contribution is 1.44. The third-order valence-corrected chi connectivity index (χ3v) is 3.06. The Morgan fingerprint density at radius 1 is 1.00 bits per heavy atom. The third kappa shape index (κ3) is 3.21. The Morgan fingerprint density at radius 2 is 1.65 bits per heavy atom. The summed E-state index contributed by atoms with van der Waals surface area (Å²) in [7, 11) is 0. The standard InChI is InChI=1S/C18H16N2/c1-3-18(17-7-5-4-6-8-17)20-14(2)16-11-9-15(13-19)10-12-16/h3-12H,1-2H3/b18-3-,20-14?. The molecule has 0 amide bonds. The molecule has 0 N–H and O–H groups in total. The molecule has 0 aliphatic heterocycles. The van der Waals surface area contributed by atoms with Gasteiger partial charge < -0.3 is 0 Å². The zero-order valence-electron chi connectivity index (χ0n) is 11.7. The zero-order chi connectivity index (χ0) is 14.4. The highest BCUT2D eigenvalue weighted by Crippen LogP contribution is 2.17. The van der Waals surface area contributed by atoms with Gasteiger partial charge in [-0.3, -0.25) is 4.99 Å². The molecular formula is C18H16N2. The lowest BCUT2D eigenvalue weighted by Crippen LogP contribution is -1.95. The van der Waals surface area contributed by atoms with Gasteiger partial charge in [-0.15, -0.1) is 0 Å². The summed E-state index contributed by atoms with van der Waals surface area (Å²) in [5.74, 6) is 0. The third-order valence-electron chi connectivity index (χ3n) is 3.06. The largest absolute Gasteiger partial charge is 0.253 e. The predicted octanol–water partition coefficient (Wildman–Crippen LogP) is 4.43. The fourth-order valence-electron chi connectivity index (χ4n) is 1.94. The van der Waals surface area contributed by atoms with E-state index >= 15 is 0 Å². The van der Waals surface area contributed by atoms with Gasteiger partial charge in [0.05, 0.1) is 17.3 Å². The van der Waals surface area contributed by atoms with Gasteiger partial charge in [0.1, 0.15) is 0 Å². The first-order valence-corrected chi connectivity index (χ1v) is 6.52. The lowest BCUT2D eigenvalue weighted by atomic mass is 10.1. The molecule has 98 valence electrons. The molecule has 2 rings (SSSR count). The van der Waals surface area contributed by atoms with Crippen molar-refractivity contribution in [2.45, 2.75) is 13.8 Å². The number of hydrogen-bond donors (Lipinski definition) is 0. The Labute approximate surface area is 119 Å². The van der Waals surface area contributed by atoms with Crippen molar-refractivity contribution in [2.75, 3.05) is 0 Å². The number of allylic oxidation sites excluding steroid dienone is 1. The summed E-state index contributed by atoms with van der Waals surface area (Å²) >= 11 is 0. The summed E-state index contributed by atoms with van der Waals surface area (Å²) in [5.41, 5.74) is 4.68. The summed E-state index contributed by atoms with van der Waals surface area (Å²) < 4.78 is 0. The van der Waals surface area contributed by atoms with Crippen molar-refractivity contribution in [3.05, 3.63) is 77.4 Å². The molecule has 2 nitrogen and oxygen atoms in total. The molecule has 0 atom stereocenters. The minimum atomic E-state index is 0.663. The molecule has 0 spiro atoms. The van der Waals surface area contributed by atoms with Gasteiger partial charge in [0.2, 0.25) is 0 Å². The first-order valence-electron chi connectivity index (χ1n) is 6.52. The van der Waals surface area contributed by atoms with Crippen LogP contribution in [-0.4, -0.2) is 5.71 Å². The number of rotatable bonds is 3. The number of benzene rings is 2. The van der Waals surface area contributed by atoms with Gasteiger partial charge in [0.15, 0.2) is 0 Å². The molecule has 0 radical (unpaired) electrons. The first kappa shape index (κ1) is 13.8. The second-order valence-corrected chi connectivity index (χ2v) is 4.43. The van der Waals surface area contributed by atoms with Crippen LogP contribution >= 0.6 is 0 Å². The van der Waals surface area contributed by atoms with Gasteiger partial charge in [0.25, 0.3) is 0 Å². The van der Waals surface area contributed by atoms with Crippen molar-refractivity contribution in [3.8, 4) is 6.07 Å². The molecule has 0 aliphatic carbocycles. The Morgan fingerprint density at radius 3 is 2.20 bits per heavy atom. The second-order valence-electron chi connectivity index (χ2n) is 4.43. The normalized spacial score (nSPS) is 12.1. The molecule has 2 aromatic carbocycles. The predicted molar refractivity (Wildman–Crippen MR) is 83.5 cm³/mol. The van der Waals surface area contributed by atoms with Crippen LogP contribution in [0.15, 0.2) is 65.7 Å². The molecule has 0 fully saturated rings. The van der Waals surface area contributed by atoms with Crippen LogP contribution in [0, 0.1) is 11.3 Å². The maximum Gasteiger partial charge on any atom is 0.0991 e. The zero-order valence-corrected chi connectivity index (χ0v) is 11.7. The molecule has 2 aromatic rings. The molecule has 0 unspecified atom stereocenters. The van der Waals surface area contributed by atoms with Crippen LogP contribution in [-0.2, 0) is 0 Å². The SMILES string of the molecule is C/C=C(\N=C(C)c1ccc(C#N)cc1)c1ccccc1. The summed E-state index contributed by atoms with van der Waals surface area (Å²) in [4.78, 5) is 4.69. The van der Waals surface area contributed by atoms with E-state index in [4.69, 9.17) is 5.26 Å². The minimum absolute atomic E-state index is 0.663. The lowest BCUT2D eigenvalue weighted by Gasteiger charge is -2.05. The monoisotopic (exact) mass is 260 g/mol. The van der Waals surface area contributed by atoms with Crippen molar-refractivity contribution >= 4 is 11.4 Å². The fraction of sp³-hybridized carbons (Fsp3) is 0.111. The molecule has 0 aliphatic rings. The van der Waals surface area contributed by atoms with Crippen LogP contribution in [0.2, 0.25) is 0 Å². The van der Waals surface area contributed by atoms with Gasteiger partial charge in [-0.25, -0.2) is 0 Å². The summed E-state index contributed by atoms with van der Waals surface area (Å²) in [6.45, 7) is 3.96. The van der Waals surface area contributed by atoms with Gasteiger partial charge >= 0.3 is 0 Å². The first-order chi connectivity index (χ1) is 9.74. The number of nitriles is 1. The maximum atomic E-state index is 8.81. The molecule has 0 saturated heterocycles. The molecule has 0 bridgehead atoms. The summed E-state index contributed by atoms with van der Waals surface area (Å²) in [5, 5.41) is 8.81. The Hall–Kier alpha value is -2.66. The van der Waals surface area contributed by atoms with Crippen LogP contribution < -0.4 is 0 Å². The molecule has 0 saturated carbocycles. The highest BCUT2D eigenvalue weighted by atomic mass is 14.8. The number of nitrogens with zero attached hydrogens (tertiary/aromatic N) is 2. The van der Waals surface area contributed by atoms with Crippen molar-refractivity contribution < 1.29 is 0 Å². The Kier molecular flexibility index (Phi) is 4.47. The van der Waals surface area contributed by atoms with Crippen LogP contribution in [0.1, 0.15) is 30.5 Å². The van der Waals surface area contributed by atoms with Crippen LogP contribution in [0.5, 0.6) is 0 Å². The van der Waals surface area contributed by atoms with Gasteiger partial charge in [0, 0.05) is 5.71 Å². The van der Waals surface area contributed by atoms with E-state index < -0.39 is 0 Å². The van der Waals surface area contributed by atoms with E-state index in [9.17, 15) is 0 Å². The van der Waals surface area contributed by atoms with Crippen molar-refractivity contribution in [1.29, 1.82) is 5.26 Å². The highest BCUT2D eigenvalue weighted by molar-refractivity contribution is 6.01.